The van der Waals surface area contributed by atoms with E-state index in [-0.39, 0.29) is 5.91 Å². The van der Waals surface area contributed by atoms with Crippen LogP contribution >= 0.6 is 0 Å². The minimum absolute atomic E-state index is 0.285. The molecule has 0 aliphatic carbocycles. The Morgan fingerprint density at radius 3 is 2.26 bits per heavy atom. The second-order valence-electron chi connectivity index (χ2n) is 6.66. The number of hydrogen-bond donors (Lipinski definition) is 0. The van der Waals surface area contributed by atoms with E-state index in [0.29, 0.717) is 5.56 Å². The Morgan fingerprint density at radius 1 is 1.00 bits per heavy atom. The van der Waals surface area contributed by atoms with Crippen LogP contribution in [-0.4, -0.2) is 16.9 Å². The van der Waals surface area contributed by atoms with Crippen molar-refractivity contribution in [2.24, 2.45) is 5.41 Å². The van der Waals surface area contributed by atoms with Gasteiger partial charge in [0.2, 0.25) is 0 Å². The van der Waals surface area contributed by atoms with Gasteiger partial charge in [-0.15, -0.1) is 0 Å². The molecule has 1 heterocycles. The second kappa shape index (κ2) is 5.54. The fraction of sp³-hybridized carbons (Fsp3) is 0.263. The maximum absolute atomic E-state index is 12.7. The average Bonchev–Trinajstić information content (AvgIpc) is 2.80. The molecule has 1 aliphatic rings. The van der Waals surface area contributed by atoms with Crippen LogP contribution in [0.3, 0.4) is 0 Å². The summed E-state index contributed by atoms with van der Waals surface area (Å²) in [7, 11) is 0. The first-order valence-electron chi connectivity index (χ1n) is 7.59. The van der Waals surface area contributed by atoms with Crippen LogP contribution in [-0.2, 0) is 9.63 Å². The van der Waals surface area contributed by atoms with Crippen molar-refractivity contribution < 1.29 is 14.4 Å². The first-order valence-corrected chi connectivity index (χ1v) is 7.59. The number of nitrogens with zero attached hydrogens (tertiary/aromatic N) is 1. The third-order valence-electron chi connectivity index (χ3n) is 3.83. The van der Waals surface area contributed by atoms with Crippen LogP contribution in [0, 0.1) is 5.41 Å². The summed E-state index contributed by atoms with van der Waals surface area (Å²) >= 11 is 0. The number of carbonyl (C=O) groups is 2. The van der Waals surface area contributed by atoms with Gasteiger partial charge in [0.25, 0.3) is 5.91 Å². The van der Waals surface area contributed by atoms with Crippen molar-refractivity contribution in [3.05, 3.63) is 71.3 Å². The normalized spacial score (nSPS) is 17.1. The monoisotopic (exact) mass is 309 g/mol. The number of hydrogen-bond acceptors (Lipinski definition) is 3. The molecule has 0 saturated carbocycles. The van der Waals surface area contributed by atoms with E-state index in [1.807, 2.05) is 48.5 Å². The topological polar surface area (TPSA) is 46.6 Å². The van der Waals surface area contributed by atoms with E-state index in [9.17, 15) is 9.59 Å². The van der Waals surface area contributed by atoms with E-state index in [1.54, 1.807) is 26.8 Å². The zero-order valence-corrected chi connectivity index (χ0v) is 13.4. The van der Waals surface area contributed by atoms with E-state index in [0.717, 1.165) is 11.1 Å². The third-order valence-corrected chi connectivity index (χ3v) is 3.83. The highest BCUT2D eigenvalue weighted by molar-refractivity contribution is 5.99. The lowest BCUT2D eigenvalue weighted by atomic mass is 9.97. The van der Waals surface area contributed by atoms with Gasteiger partial charge < -0.3 is 4.84 Å². The first kappa shape index (κ1) is 15.3. The maximum atomic E-state index is 12.7. The van der Waals surface area contributed by atoms with Crippen molar-refractivity contribution in [2.45, 2.75) is 26.8 Å². The highest BCUT2D eigenvalue weighted by Gasteiger charge is 2.41. The van der Waals surface area contributed by atoms with Crippen LogP contribution in [0.1, 0.15) is 48.3 Å². The van der Waals surface area contributed by atoms with E-state index in [4.69, 9.17) is 4.84 Å². The molecule has 0 fully saturated rings. The van der Waals surface area contributed by atoms with Gasteiger partial charge in [0, 0.05) is 5.56 Å². The van der Waals surface area contributed by atoms with Crippen molar-refractivity contribution in [3.63, 3.8) is 0 Å². The maximum Gasteiger partial charge on any atom is 0.337 e. The van der Waals surface area contributed by atoms with E-state index >= 15 is 0 Å². The van der Waals surface area contributed by atoms with Gasteiger partial charge in [-0.2, -0.15) is 5.06 Å². The Labute approximate surface area is 135 Å². The number of rotatable bonds is 2. The molecule has 0 saturated heterocycles. The zero-order valence-electron chi connectivity index (χ0n) is 13.4. The molecular weight excluding hydrogens is 290 g/mol. The predicted molar refractivity (Wildman–Crippen MR) is 86.4 cm³/mol. The molecule has 2 aromatic carbocycles. The summed E-state index contributed by atoms with van der Waals surface area (Å²) in [5, 5.41) is 1.20. The molecule has 1 amide bonds. The lowest BCUT2D eigenvalue weighted by molar-refractivity contribution is -0.192. The zero-order chi connectivity index (χ0) is 16.6. The van der Waals surface area contributed by atoms with Crippen LogP contribution in [0.2, 0.25) is 0 Å². The number of hydroxylamine groups is 2. The summed E-state index contributed by atoms with van der Waals surface area (Å²) in [5.74, 6) is -0.716. The number of benzene rings is 2. The summed E-state index contributed by atoms with van der Waals surface area (Å²) in [6.07, 6.45) is 0. The van der Waals surface area contributed by atoms with Gasteiger partial charge in [0.05, 0.1) is 5.41 Å². The number of amides is 1. The molecule has 0 radical (unpaired) electrons. The smallest absolute Gasteiger partial charge is 0.336 e. The molecule has 1 aliphatic heterocycles. The second-order valence-corrected chi connectivity index (χ2v) is 6.66. The summed E-state index contributed by atoms with van der Waals surface area (Å²) in [4.78, 5) is 30.5. The molecule has 118 valence electrons. The molecule has 4 nitrogen and oxygen atoms in total. The van der Waals surface area contributed by atoms with Gasteiger partial charge in [0.15, 0.2) is 0 Å². The molecule has 0 spiro atoms. The standard InChI is InChI=1S/C19H19NO3/c1-19(2,3)18(22)23-20-16(13-9-5-4-6-10-13)14-11-7-8-12-15(14)17(20)21/h4-12,16H,1-3H3. The van der Waals surface area contributed by atoms with Gasteiger partial charge in [-0.05, 0) is 38.0 Å². The quantitative estimate of drug-likeness (QED) is 0.849. The van der Waals surface area contributed by atoms with Gasteiger partial charge in [-0.1, -0.05) is 48.5 Å². The SMILES string of the molecule is CC(C)(C)C(=O)ON1C(=O)c2ccccc2C1c1ccccc1. The largest absolute Gasteiger partial charge is 0.337 e. The fourth-order valence-electron chi connectivity index (χ4n) is 2.56. The van der Waals surface area contributed by atoms with E-state index < -0.39 is 17.4 Å². The molecule has 2 aromatic rings. The van der Waals surface area contributed by atoms with Crippen LogP contribution in [0.15, 0.2) is 54.6 Å². The highest BCUT2D eigenvalue weighted by atomic mass is 16.7. The van der Waals surface area contributed by atoms with Crippen LogP contribution in [0.25, 0.3) is 0 Å². The lowest BCUT2D eigenvalue weighted by Gasteiger charge is -2.27. The summed E-state index contributed by atoms with van der Waals surface area (Å²) in [6.45, 7) is 5.29. The molecule has 0 aromatic heterocycles. The highest BCUT2D eigenvalue weighted by Crippen LogP contribution is 2.39. The number of carbonyl (C=O) groups excluding carboxylic acids is 2. The van der Waals surface area contributed by atoms with E-state index in [2.05, 4.69) is 0 Å². The first-order chi connectivity index (χ1) is 10.9. The van der Waals surface area contributed by atoms with Gasteiger partial charge >= 0.3 is 5.97 Å². The minimum Gasteiger partial charge on any atom is -0.336 e. The van der Waals surface area contributed by atoms with Crippen LogP contribution < -0.4 is 0 Å². The summed E-state index contributed by atoms with van der Waals surface area (Å²) in [6, 6.07) is 16.5. The van der Waals surface area contributed by atoms with Crippen LogP contribution in [0.5, 0.6) is 0 Å². The van der Waals surface area contributed by atoms with Crippen molar-refractivity contribution in [3.8, 4) is 0 Å². The Balaban J connectivity index is 2.04. The molecule has 4 heteroatoms. The van der Waals surface area contributed by atoms with Crippen molar-refractivity contribution in [1.82, 2.24) is 5.06 Å². The molecule has 23 heavy (non-hydrogen) atoms. The Morgan fingerprint density at radius 2 is 1.61 bits per heavy atom. The molecule has 1 unspecified atom stereocenters. The average molecular weight is 309 g/mol. The van der Waals surface area contributed by atoms with Crippen molar-refractivity contribution >= 4 is 11.9 Å². The van der Waals surface area contributed by atoms with Crippen LogP contribution in [0.4, 0.5) is 0 Å². The molecule has 3 rings (SSSR count). The van der Waals surface area contributed by atoms with Gasteiger partial charge in [-0.25, -0.2) is 4.79 Å². The molecule has 1 atom stereocenters. The Hall–Kier alpha value is -2.62. The lowest BCUT2D eigenvalue weighted by Crippen LogP contribution is -2.36. The van der Waals surface area contributed by atoms with E-state index in [1.165, 1.54) is 5.06 Å². The predicted octanol–water partition coefficient (Wildman–Crippen LogP) is 3.74. The van der Waals surface area contributed by atoms with Gasteiger partial charge in [-0.3, -0.25) is 4.79 Å². The molecule has 0 N–H and O–H groups in total. The molecular formula is C19H19NO3. The van der Waals surface area contributed by atoms with Crippen molar-refractivity contribution in [1.29, 1.82) is 0 Å². The summed E-state index contributed by atoms with van der Waals surface area (Å²) in [5.41, 5.74) is 1.65. The summed E-state index contributed by atoms with van der Waals surface area (Å²) < 4.78 is 0. The number of fused-ring (bicyclic) bond motifs is 1. The Kier molecular flexibility index (Phi) is 3.68. The minimum atomic E-state index is -0.684. The van der Waals surface area contributed by atoms with Gasteiger partial charge in [0.1, 0.15) is 6.04 Å². The van der Waals surface area contributed by atoms with Crippen molar-refractivity contribution in [2.75, 3.05) is 0 Å². The third kappa shape index (κ3) is 2.72. The fourth-order valence-corrected chi connectivity index (χ4v) is 2.56. The Bertz CT molecular complexity index is 747. The molecule has 0 bridgehead atoms.